The minimum Gasteiger partial charge on any atom is -0.496 e. The van der Waals surface area contributed by atoms with Crippen LogP contribution in [0.3, 0.4) is 0 Å². The highest BCUT2D eigenvalue weighted by molar-refractivity contribution is 6.35. The van der Waals surface area contributed by atoms with Crippen molar-refractivity contribution in [2.24, 2.45) is 0 Å². The first-order valence-electron chi connectivity index (χ1n) is 5.73. The molecule has 4 heteroatoms. The zero-order valence-electron chi connectivity index (χ0n) is 9.67. The van der Waals surface area contributed by atoms with Gasteiger partial charge in [0.1, 0.15) is 5.76 Å². The van der Waals surface area contributed by atoms with E-state index in [9.17, 15) is 0 Å². The van der Waals surface area contributed by atoms with Crippen molar-refractivity contribution in [1.29, 1.82) is 0 Å². The van der Waals surface area contributed by atoms with Gasteiger partial charge in [0.05, 0.1) is 12.6 Å². The number of benzene rings is 1. The molecule has 0 saturated carbocycles. The topological polar surface area (TPSA) is 21.3 Å². The SMILES string of the molecule is CCNC(C1=CCCO1)c1ccc(Cl)cc1Cl. The Bertz CT molecular complexity index is 431. The van der Waals surface area contributed by atoms with Crippen LogP contribution in [0.2, 0.25) is 10.0 Å². The van der Waals surface area contributed by atoms with E-state index in [1.54, 1.807) is 6.07 Å². The summed E-state index contributed by atoms with van der Waals surface area (Å²) in [6, 6.07) is 5.58. The van der Waals surface area contributed by atoms with E-state index in [0.717, 1.165) is 30.9 Å². The molecule has 92 valence electrons. The largest absolute Gasteiger partial charge is 0.496 e. The van der Waals surface area contributed by atoms with E-state index in [4.69, 9.17) is 27.9 Å². The van der Waals surface area contributed by atoms with Gasteiger partial charge in [0.2, 0.25) is 0 Å². The third kappa shape index (κ3) is 2.95. The van der Waals surface area contributed by atoms with Crippen LogP contribution in [0.1, 0.15) is 24.9 Å². The van der Waals surface area contributed by atoms with E-state index in [-0.39, 0.29) is 6.04 Å². The minimum absolute atomic E-state index is 0.0206. The molecule has 17 heavy (non-hydrogen) atoms. The zero-order valence-corrected chi connectivity index (χ0v) is 11.2. The number of hydrogen-bond acceptors (Lipinski definition) is 2. The van der Waals surface area contributed by atoms with Crippen molar-refractivity contribution in [2.45, 2.75) is 19.4 Å². The Kier molecular flexibility index (Phi) is 4.32. The second-order valence-corrected chi connectivity index (χ2v) is 4.74. The van der Waals surface area contributed by atoms with E-state index in [0.29, 0.717) is 10.0 Å². The van der Waals surface area contributed by atoms with E-state index < -0.39 is 0 Å². The van der Waals surface area contributed by atoms with E-state index in [1.165, 1.54) is 0 Å². The van der Waals surface area contributed by atoms with Crippen molar-refractivity contribution in [1.82, 2.24) is 5.32 Å². The Morgan fingerprint density at radius 1 is 1.41 bits per heavy atom. The van der Waals surface area contributed by atoms with Gasteiger partial charge in [0.25, 0.3) is 0 Å². The molecule has 1 atom stereocenters. The predicted molar refractivity (Wildman–Crippen MR) is 71.5 cm³/mol. The second-order valence-electron chi connectivity index (χ2n) is 3.90. The van der Waals surface area contributed by atoms with E-state index in [2.05, 4.69) is 18.3 Å². The second kappa shape index (κ2) is 5.76. The molecule has 1 N–H and O–H groups in total. The summed E-state index contributed by atoms with van der Waals surface area (Å²) in [4.78, 5) is 0. The lowest BCUT2D eigenvalue weighted by molar-refractivity contribution is 0.216. The molecule has 1 unspecified atom stereocenters. The smallest absolute Gasteiger partial charge is 0.114 e. The average Bonchev–Trinajstić information content (AvgIpc) is 2.80. The summed E-state index contributed by atoms with van der Waals surface area (Å²) in [6.07, 6.45) is 3.07. The standard InChI is InChI=1S/C13H15Cl2NO/c1-2-16-13(12-4-3-7-17-12)10-6-5-9(14)8-11(10)15/h4-6,8,13,16H,2-3,7H2,1H3. The average molecular weight is 272 g/mol. The fourth-order valence-corrected chi connectivity index (χ4v) is 2.46. The van der Waals surface area contributed by atoms with Crippen LogP contribution in [0.5, 0.6) is 0 Å². The molecule has 0 saturated heterocycles. The molecule has 2 rings (SSSR count). The van der Waals surface area contributed by atoms with Gasteiger partial charge in [-0.3, -0.25) is 0 Å². The van der Waals surface area contributed by atoms with Crippen molar-refractivity contribution in [3.63, 3.8) is 0 Å². The lowest BCUT2D eigenvalue weighted by Crippen LogP contribution is -2.23. The molecule has 1 aliphatic rings. The summed E-state index contributed by atoms with van der Waals surface area (Å²) in [5.74, 6) is 0.955. The number of rotatable bonds is 4. The van der Waals surface area contributed by atoms with Crippen LogP contribution < -0.4 is 5.32 Å². The monoisotopic (exact) mass is 271 g/mol. The molecule has 1 aliphatic heterocycles. The molecule has 1 aromatic carbocycles. The molecular formula is C13H15Cl2NO. The lowest BCUT2D eigenvalue weighted by atomic mass is 10.0. The highest BCUT2D eigenvalue weighted by Gasteiger charge is 2.22. The summed E-state index contributed by atoms with van der Waals surface area (Å²) in [6.45, 7) is 3.67. The molecule has 0 aliphatic carbocycles. The highest BCUT2D eigenvalue weighted by atomic mass is 35.5. The van der Waals surface area contributed by atoms with Crippen molar-refractivity contribution >= 4 is 23.2 Å². The molecular weight excluding hydrogens is 257 g/mol. The van der Waals surface area contributed by atoms with Crippen LogP contribution in [0.15, 0.2) is 30.0 Å². The van der Waals surface area contributed by atoms with Gasteiger partial charge >= 0.3 is 0 Å². The van der Waals surface area contributed by atoms with Gasteiger partial charge in [-0.2, -0.15) is 0 Å². The van der Waals surface area contributed by atoms with Crippen molar-refractivity contribution in [2.75, 3.05) is 13.2 Å². The van der Waals surface area contributed by atoms with Gasteiger partial charge in [-0.05, 0) is 30.3 Å². The third-order valence-electron chi connectivity index (χ3n) is 2.70. The van der Waals surface area contributed by atoms with Crippen LogP contribution in [0.25, 0.3) is 0 Å². The van der Waals surface area contributed by atoms with Crippen molar-refractivity contribution < 1.29 is 4.74 Å². The van der Waals surface area contributed by atoms with Crippen LogP contribution in [0, 0.1) is 0 Å². The number of ether oxygens (including phenoxy) is 1. The normalized spacial score (nSPS) is 16.5. The number of nitrogens with one attached hydrogen (secondary N) is 1. The Morgan fingerprint density at radius 3 is 2.82 bits per heavy atom. The Labute approximate surface area is 112 Å². The molecule has 0 fully saturated rings. The summed E-state index contributed by atoms with van der Waals surface area (Å²) in [7, 11) is 0. The van der Waals surface area contributed by atoms with Gasteiger partial charge in [-0.15, -0.1) is 0 Å². The number of likely N-dealkylation sites (N-methyl/N-ethyl adjacent to an activating group) is 1. The zero-order chi connectivity index (χ0) is 12.3. The summed E-state index contributed by atoms with van der Waals surface area (Å²) in [5, 5.41) is 4.70. The fourth-order valence-electron chi connectivity index (χ4n) is 1.94. The van der Waals surface area contributed by atoms with Gasteiger partial charge in [-0.1, -0.05) is 36.2 Å². The third-order valence-corrected chi connectivity index (χ3v) is 3.26. The predicted octanol–water partition coefficient (Wildman–Crippen LogP) is 3.95. The van der Waals surface area contributed by atoms with Crippen molar-refractivity contribution in [3.8, 4) is 0 Å². The maximum Gasteiger partial charge on any atom is 0.114 e. The molecule has 0 radical (unpaired) electrons. The molecule has 0 aromatic heterocycles. The molecule has 0 amide bonds. The Balaban J connectivity index is 2.31. The first-order chi connectivity index (χ1) is 8.22. The molecule has 0 bridgehead atoms. The summed E-state index contributed by atoms with van der Waals surface area (Å²) >= 11 is 12.1. The lowest BCUT2D eigenvalue weighted by Gasteiger charge is -2.20. The molecule has 2 nitrogen and oxygen atoms in total. The van der Waals surface area contributed by atoms with E-state index >= 15 is 0 Å². The number of hydrogen-bond donors (Lipinski definition) is 1. The van der Waals surface area contributed by atoms with Crippen LogP contribution in [0.4, 0.5) is 0 Å². The van der Waals surface area contributed by atoms with Gasteiger partial charge in [0.15, 0.2) is 0 Å². The quantitative estimate of drug-likeness (QED) is 0.896. The Hall–Kier alpha value is -0.700. The first-order valence-corrected chi connectivity index (χ1v) is 6.49. The van der Waals surface area contributed by atoms with E-state index in [1.807, 2.05) is 12.1 Å². The summed E-state index contributed by atoms with van der Waals surface area (Å²) in [5.41, 5.74) is 1.01. The fraction of sp³-hybridized carbons (Fsp3) is 0.385. The van der Waals surface area contributed by atoms with Crippen molar-refractivity contribution in [3.05, 3.63) is 45.6 Å². The van der Waals surface area contributed by atoms with Gasteiger partial charge in [0, 0.05) is 16.5 Å². The first kappa shape index (κ1) is 12.7. The van der Waals surface area contributed by atoms with Gasteiger partial charge in [-0.25, -0.2) is 0 Å². The molecule has 0 spiro atoms. The van der Waals surface area contributed by atoms with Crippen LogP contribution in [-0.4, -0.2) is 13.2 Å². The highest BCUT2D eigenvalue weighted by Crippen LogP contribution is 2.32. The van der Waals surface area contributed by atoms with Crippen LogP contribution in [-0.2, 0) is 4.74 Å². The van der Waals surface area contributed by atoms with Gasteiger partial charge < -0.3 is 10.1 Å². The number of halogens is 2. The maximum atomic E-state index is 6.23. The maximum absolute atomic E-state index is 6.23. The summed E-state index contributed by atoms with van der Waals surface area (Å²) < 4.78 is 5.61. The minimum atomic E-state index is 0.0206. The molecule has 1 heterocycles. The Morgan fingerprint density at radius 2 is 2.24 bits per heavy atom. The molecule has 1 aromatic rings. The van der Waals surface area contributed by atoms with Crippen LogP contribution >= 0.6 is 23.2 Å².